The Morgan fingerprint density at radius 1 is 1.56 bits per heavy atom. The SMILES string of the molecule is CCc1cnc(CCN[C@@H]2CCCSC2)s1. The molecule has 1 aromatic rings. The van der Waals surface area contributed by atoms with E-state index in [0.29, 0.717) is 0 Å². The third kappa shape index (κ3) is 3.75. The monoisotopic (exact) mass is 256 g/mol. The van der Waals surface area contributed by atoms with E-state index in [1.54, 1.807) is 0 Å². The molecule has 1 aromatic heterocycles. The van der Waals surface area contributed by atoms with Crippen LogP contribution in [0.1, 0.15) is 29.7 Å². The number of rotatable bonds is 5. The van der Waals surface area contributed by atoms with Gasteiger partial charge in [-0.25, -0.2) is 4.98 Å². The molecular formula is C12H20N2S2. The molecule has 0 saturated carbocycles. The van der Waals surface area contributed by atoms with Crippen LogP contribution in [0.3, 0.4) is 0 Å². The van der Waals surface area contributed by atoms with E-state index in [2.05, 4.69) is 29.0 Å². The van der Waals surface area contributed by atoms with E-state index >= 15 is 0 Å². The Labute approximate surface area is 106 Å². The number of nitrogens with zero attached hydrogens (tertiary/aromatic N) is 1. The van der Waals surface area contributed by atoms with E-state index < -0.39 is 0 Å². The molecule has 4 heteroatoms. The third-order valence-corrected chi connectivity index (χ3v) is 5.30. The molecule has 1 fully saturated rings. The molecule has 1 N–H and O–H groups in total. The Bertz CT molecular complexity index is 306. The van der Waals surface area contributed by atoms with Crippen molar-refractivity contribution in [2.75, 3.05) is 18.1 Å². The van der Waals surface area contributed by atoms with Crippen LogP contribution in [-0.4, -0.2) is 29.1 Å². The van der Waals surface area contributed by atoms with E-state index in [1.807, 2.05) is 17.5 Å². The number of aryl methyl sites for hydroxylation is 1. The van der Waals surface area contributed by atoms with E-state index in [1.165, 1.54) is 34.2 Å². The molecule has 2 rings (SSSR count). The van der Waals surface area contributed by atoms with Gasteiger partial charge in [-0.3, -0.25) is 0 Å². The average Bonchev–Trinajstić information content (AvgIpc) is 2.78. The summed E-state index contributed by atoms with van der Waals surface area (Å²) in [5, 5.41) is 4.93. The standard InChI is InChI=1S/C12H20N2S2/c1-2-11-8-14-12(16-11)5-6-13-10-4-3-7-15-9-10/h8,10,13H,2-7,9H2,1H3/t10-/m1/s1. The number of hydrogen-bond acceptors (Lipinski definition) is 4. The van der Waals surface area contributed by atoms with Crippen LogP contribution in [0.2, 0.25) is 0 Å². The van der Waals surface area contributed by atoms with Gasteiger partial charge in [-0.05, 0) is 25.0 Å². The van der Waals surface area contributed by atoms with Gasteiger partial charge in [0.15, 0.2) is 0 Å². The maximum atomic E-state index is 4.44. The highest BCUT2D eigenvalue weighted by Crippen LogP contribution is 2.17. The van der Waals surface area contributed by atoms with Crippen molar-refractivity contribution in [3.63, 3.8) is 0 Å². The van der Waals surface area contributed by atoms with E-state index in [-0.39, 0.29) is 0 Å². The lowest BCUT2D eigenvalue weighted by Gasteiger charge is -2.22. The molecule has 16 heavy (non-hydrogen) atoms. The maximum absolute atomic E-state index is 4.44. The second-order valence-corrected chi connectivity index (χ2v) is 6.54. The Hall–Kier alpha value is -0.0600. The van der Waals surface area contributed by atoms with Gasteiger partial charge in [0.2, 0.25) is 0 Å². The summed E-state index contributed by atoms with van der Waals surface area (Å²) in [7, 11) is 0. The van der Waals surface area contributed by atoms with E-state index in [9.17, 15) is 0 Å². The molecule has 2 heterocycles. The normalized spacial score (nSPS) is 21.2. The molecule has 0 amide bonds. The summed E-state index contributed by atoms with van der Waals surface area (Å²) < 4.78 is 0. The van der Waals surface area contributed by atoms with Crippen LogP contribution in [0.4, 0.5) is 0 Å². The van der Waals surface area contributed by atoms with E-state index in [4.69, 9.17) is 0 Å². The fraction of sp³-hybridized carbons (Fsp3) is 0.750. The summed E-state index contributed by atoms with van der Waals surface area (Å²) in [6.45, 7) is 3.27. The van der Waals surface area contributed by atoms with Crippen molar-refractivity contribution < 1.29 is 0 Å². The predicted octanol–water partition coefficient (Wildman–Crippen LogP) is 2.73. The largest absolute Gasteiger partial charge is 0.313 e. The number of aromatic nitrogens is 1. The van der Waals surface area contributed by atoms with Gasteiger partial charge in [-0.1, -0.05) is 6.92 Å². The van der Waals surface area contributed by atoms with Crippen molar-refractivity contribution in [2.24, 2.45) is 0 Å². The van der Waals surface area contributed by atoms with Gasteiger partial charge >= 0.3 is 0 Å². The van der Waals surface area contributed by atoms with Gasteiger partial charge in [-0.15, -0.1) is 11.3 Å². The van der Waals surface area contributed by atoms with Gasteiger partial charge in [0, 0.05) is 35.8 Å². The quantitative estimate of drug-likeness (QED) is 0.877. The Kier molecular flexibility index (Phi) is 5.13. The summed E-state index contributed by atoms with van der Waals surface area (Å²) in [4.78, 5) is 5.85. The van der Waals surface area contributed by atoms with Crippen LogP contribution in [-0.2, 0) is 12.8 Å². The topological polar surface area (TPSA) is 24.9 Å². The van der Waals surface area contributed by atoms with Crippen LogP contribution in [0, 0.1) is 0 Å². The van der Waals surface area contributed by atoms with Crippen molar-refractivity contribution in [1.82, 2.24) is 10.3 Å². The molecule has 1 aliphatic rings. The molecular weight excluding hydrogens is 236 g/mol. The van der Waals surface area contributed by atoms with E-state index in [0.717, 1.165) is 25.4 Å². The van der Waals surface area contributed by atoms with Crippen LogP contribution < -0.4 is 5.32 Å². The first-order chi connectivity index (χ1) is 7.88. The summed E-state index contributed by atoms with van der Waals surface area (Å²) in [5.41, 5.74) is 0. The van der Waals surface area contributed by atoms with Crippen LogP contribution in [0.5, 0.6) is 0 Å². The lowest BCUT2D eigenvalue weighted by atomic mass is 10.2. The number of nitrogens with one attached hydrogen (secondary N) is 1. The van der Waals surface area contributed by atoms with Crippen molar-refractivity contribution in [2.45, 2.75) is 38.6 Å². The third-order valence-electron chi connectivity index (χ3n) is 2.88. The molecule has 1 saturated heterocycles. The molecule has 1 atom stereocenters. The average molecular weight is 256 g/mol. The fourth-order valence-corrected chi connectivity index (χ4v) is 3.88. The van der Waals surface area contributed by atoms with Crippen molar-refractivity contribution >= 4 is 23.1 Å². The highest BCUT2D eigenvalue weighted by atomic mass is 32.2. The van der Waals surface area contributed by atoms with Gasteiger partial charge in [0.1, 0.15) is 0 Å². The zero-order valence-electron chi connectivity index (χ0n) is 9.87. The summed E-state index contributed by atoms with van der Waals surface area (Å²) >= 11 is 3.94. The number of hydrogen-bond donors (Lipinski definition) is 1. The van der Waals surface area contributed by atoms with Crippen LogP contribution >= 0.6 is 23.1 Å². The second kappa shape index (κ2) is 6.62. The Morgan fingerprint density at radius 2 is 2.50 bits per heavy atom. The van der Waals surface area contributed by atoms with Gasteiger partial charge in [-0.2, -0.15) is 11.8 Å². The Balaban J connectivity index is 1.66. The van der Waals surface area contributed by atoms with Crippen molar-refractivity contribution in [1.29, 1.82) is 0 Å². The minimum Gasteiger partial charge on any atom is -0.313 e. The van der Waals surface area contributed by atoms with Crippen molar-refractivity contribution in [3.05, 3.63) is 16.1 Å². The molecule has 0 unspecified atom stereocenters. The zero-order valence-corrected chi connectivity index (χ0v) is 11.5. The first-order valence-corrected chi connectivity index (χ1v) is 8.10. The molecule has 0 aromatic carbocycles. The molecule has 0 radical (unpaired) electrons. The number of thiazole rings is 1. The molecule has 0 spiro atoms. The molecule has 0 bridgehead atoms. The lowest BCUT2D eigenvalue weighted by molar-refractivity contribution is 0.511. The van der Waals surface area contributed by atoms with Gasteiger partial charge in [0.05, 0.1) is 5.01 Å². The minimum absolute atomic E-state index is 0.740. The zero-order chi connectivity index (χ0) is 11.2. The maximum Gasteiger partial charge on any atom is 0.0940 e. The summed E-state index contributed by atoms with van der Waals surface area (Å²) in [5.74, 6) is 2.64. The Morgan fingerprint density at radius 3 is 3.19 bits per heavy atom. The molecule has 2 nitrogen and oxygen atoms in total. The smallest absolute Gasteiger partial charge is 0.0940 e. The highest BCUT2D eigenvalue weighted by Gasteiger charge is 2.12. The van der Waals surface area contributed by atoms with Crippen LogP contribution in [0.15, 0.2) is 6.20 Å². The second-order valence-electron chi connectivity index (χ2n) is 4.19. The highest BCUT2D eigenvalue weighted by molar-refractivity contribution is 7.99. The van der Waals surface area contributed by atoms with Crippen LogP contribution in [0.25, 0.3) is 0 Å². The summed E-state index contributed by atoms with van der Waals surface area (Å²) in [6, 6.07) is 0.740. The fourth-order valence-electron chi connectivity index (χ4n) is 1.91. The molecule has 90 valence electrons. The number of thioether (sulfide) groups is 1. The first kappa shape index (κ1) is 12.4. The first-order valence-electron chi connectivity index (χ1n) is 6.13. The van der Waals surface area contributed by atoms with Gasteiger partial charge < -0.3 is 5.32 Å². The van der Waals surface area contributed by atoms with Gasteiger partial charge in [0.25, 0.3) is 0 Å². The minimum atomic E-state index is 0.740. The lowest BCUT2D eigenvalue weighted by Crippen LogP contribution is -2.35. The summed E-state index contributed by atoms with van der Waals surface area (Å²) in [6.07, 6.45) is 6.96. The molecule has 1 aliphatic heterocycles. The van der Waals surface area contributed by atoms with Crippen molar-refractivity contribution in [3.8, 4) is 0 Å². The predicted molar refractivity (Wildman–Crippen MR) is 73.5 cm³/mol. The molecule has 0 aliphatic carbocycles.